The molecule has 12 heteroatoms. The first-order valence-electron chi connectivity index (χ1n) is 12.9. The molecule has 0 aliphatic heterocycles. The number of carbonyl (C=O) groups excluding carboxylic acids is 3. The second kappa shape index (κ2) is 14.1. The van der Waals surface area contributed by atoms with Crippen molar-refractivity contribution in [1.29, 1.82) is 0 Å². The predicted octanol–water partition coefficient (Wildman–Crippen LogP) is 6.37. The minimum atomic E-state index is -5.01. The van der Waals surface area contributed by atoms with Crippen molar-refractivity contribution in [2.45, 2.75) is 71.4 Å². The number of halogens is 3. The third kappa shape index (κ3) is 13.3. The van der Waals surface area contributed by atoms with Crippen LogP contribution >= 0.6 is 0 Å². The summed E-state index contributed by atoms with van der Waals surface area (Å²) in [5.41, 5.74) is -0.966. The van der Waals surface area contributed by atoms with Crippen LogP contribution in [0.1, 0.15) is 47.1 Å². The number of anilines is 1. The molecule has 0 fully saturated rings. The normalized spacial score (nSPS) is 12.6. The standard InChI is InChI=1S/C29H37F3N2O7/c1-27(2,3)40-25(36)34(17-16-20-12-14-21(15-13-20)33-24(35)29(30,31)32)18-23(39-26(37)41-28(4,5)6)19-38-22-10-8-7-9-11-22/h7-15,23H,16-19H2,1-6H3,(H,33,35). The third-order valence-corrected chi connectivity index (χ3v) is 5.05. The van der Waals surface area contributed by atoms with Crippen molar-refractivity contribution in [1.82, 2.24) is 4.90 Å². The maximum absolute atomic E-state index is 13.1. The zero-order valence-electron chi connectivity index (χ0n) is 24.0. The van der Waals surface area contributed by atoms with Crippen molar-refractivity contribution >= 4 is 23.8 Å². The molecule has 41 heavy (non-hydrogen) atoms. The summed E-state index contributed by atoms with van der Waals surface area (Å²) in [4.78, 5) is 38.1. The quantitative estimate of drug-likeness (QED) is 0.325. The molecular weight excluding hydrogens is 545 g/mol. The van der Waals surface area contributed by atoms with E-state index in [1.807, 2.05) is 6.07 Å². The van der Waals surface area contributed by atoms with Gasteiger partial charge in [0.2, 0.25) is 0 Å². The fourth-order valence-electron chi connectivity index (χ4n) is 3.29. The summed E-state index contributed by atoms with van der Waals surface area (Å²) in [6.07, 6.45) is -7.25. The lowest BCUT2D eigenvalue weighted by Crippen LogP contribution is -2.45. The fraction of sp³-hybridized carbons (Fsp3) is 0.483. The third-order valence-electron chi connectivity index (χ3n) is 5.05. The zero-order chi connectivity index (χ0) is 30.8. The molecule has 1 unspecified atom stereocenters. The molecule has 0 aliphatic rings. The van der Waals surface area contributed by atoms with Gasteiger partial charge >= 0.3 is 24.3 Å². The van der Waals surface area contributed by atoms with Gasteiger partial charge in [-0.25, -0.2) is 9.59 Å². The van der Waals surface area contributed by atoms with Crippen molar-refractivity contribution < 1.29 is 46.5 Å². The molecule has 0 bridgehead atoms. The van der Waals surface area contributed by atoms with Gasteiger partial charge in [-0.1, -0.05) is 30.3 Å². The summed E-state index contributed by atoms with van der Waals surface area (Å²) in [6.45, 7) is 10.1. The Morgan fingerprint density at radius 2 is 1.44 bits per heavy atom. The Kier molecular flexibility index (Phi) is 11.4. The molecule has 226 valence electrons. The number of hydrogen-bond donors (Lipinski definition) is 1. The van der Waals surface area contributed by atoms with Gasteiger partial charge in [-0.15, -0.1) is 0 Å². The van der Waals surface area contributed by atoms with Crippen LogP contribution in [0, 0.1) is 0 Å². The smallest absolute Gasteiger partial charge is 0.490 e. The molecular formula is C29H37F3N2O7. The van der Waals surface area contributed by atoms with E-state index in [0.717, 1.165) is 0 Å². The van der Waals surface area contributed by atoms with Gasteiger partial charge in [-0.3, -0.25) is 4.79 Å². The highest BCUT2D eigenvalue weighted by Gasteiger charge is 2.38. The molecule has 0 heterocycles. The molecule has 2 aromatic carbocycles. The lowest BCUT2D eigenvalue weighted by molar-refractivity contribution is -0.167. The van der Waals surface area contributed by atoms with Gasteiger partial charge in [0.15, 0.2) is 6.10 Å². The van der Waals surface area contributed by atoms with E-state index in [1.54, 1.807) is 71.1 Å². The average molecular weight is 583 g/mol. The zero-order valence-corrected chi connectivity index (χ0v) is 24.0. The number of rotatable bonds is 10. The highest BCUT2D eigenvalue weighted by Crippen LogP contribution is 2.20. The fourth-order valence-corrected chi connectivity index (χ4v) is 3.29. The van der Waals surface area contributed by atoms with Gasteiger partial charge in [-0.05, 0) is 77.8 Å². The molecule has 0 aliphatic carbocycles. The lowest BCUT2D eigenvalue weighted by Gasteiger charge is -2.30. The maximum atomic E-state index is 13.1. The van der Waals surface area contributed by atoms with Crippen LogP contribution in [0.15, 0.2) is 54.6 Å². The van der Waals surface area contributed by atoms with Crippen LogP contribution < -0.4 is 10.1 Å². The van der Waals surface area contributed by atoms with Crippen molar-refractivity contribution in [2.75, 3.05) is 25.0 Å². The van der Waals surface area contributed by atoms with E-state index in [9.17, 15) is 27.6 Å². The van der Waals surface area contributed by atoms with Crippen molar-refractivity contribution in [3.63, 3.8) is 0 Å². The Bertz CT molecular complexity index is 1140. The Morgan fingerprint density at radius 1 is 0.854 bits per heavy atom. The number of amides is 2. The maximum Gasteiger partial charge on any atom is 0.509 e. The summed E-state index contributed by atoms with van der Waals surface area (Å²) >= 11 is 0. The van der Waals surface area contributed by atoms with Crippen LogP contribution in [0.4, 0.5) is 28.4 Å². The Morgan fingerprint density at radius 3 is 1.98 bits per heavy atom. The molecule has 0 spiro atoms. The summed E-state index contributed by atoms with van der Waals surface area (Å²) in [7, 11) is 0. The van der Waals surface area contributed by atoms with E-state index in [4.69, 9.17) is 18.9 Å². The number of ether oxygens (including phenoxy) is 4. The van der Waals surface area contributed by atoms with Gasteiger partial charge < -0.3 is 29.2 Å². The lowest BCUT2D eigenvalue weighted by atomic mass is 10.1. The SMILES string of the molecule is CC(C)(C)OC(=O)OC(COc1ccccc1)CN(CCc1ccc(NC(=O)C(F)(F)F)cc1)C(=O)OC(C)(C)C. The van der Waals surface area contributed by atoms with Crippen LogP contribution in [0.2, 0.25) is 0 Å². The predicted molar refractivity (Wildman–Crippen MR) is 146 cm³/mol. The molecule has 0 radical (unpaired) electrons. The van der Waals surface area contributed by atoms with Crippen molar-refractivity contribution in [3.05, 3.63) is 60.2 Å². The van der Waals surface area contributed by atoms with Crippen LogP contribution in [-0.2, 0) is 25.4 Å². The number of nitrogens with one attached hydrogen (secondary N) is 1. The summed E-state index contributed by atoms with van der Waals surface area (Å²) in [5.74, 6) is -1.54. The average Bonchev–Trinajstić information content (AvgIpc) is 2.83. The van der Waals surface area contributed by atoms with Gasteiger partial charge in [0.25, 0.3) is 0 Å². The molecule has 9 nitrogen and oxygen atoms in total. The number of carbonyl (C=O) groups is 3. The molecule has 2 aromatic rings. The molecule has 2 rings (SSSR count). The number of para-hydroxylation sites is 1. The van der Waals surface area contributed by atoms with E-state index in [2.05, 4.69) is 0 Å². The summed E-state index contributed by atoms with van der Waals surface area (Å²) < 4.78 is 59.7. The Hall–Kier alpha value is -3.96. The van der Waals surface area contributed by atoms with Crippen molar-refractivity contribution in [2.24, 2.45) is 0 Å². The topological polar surface area (TPSA) is 103 Å². The van der Waals surface area contributed by atoms with E-state index in [1.165, 1.54) is 29.2 Å². The monoisotopic (exact) mass is 582 g/mol. The van der Waals surface area contributed by atoms with Crippen LogP contribution in [0.3, 0.4) is 0 Å². The van der Waals surface area contributed by atoms with Gasteiger partial charge in [0.05, 0.1) is 6.54 Å². The van der Waals surface area contributed by atoms with Gasteiger partial charge in [-0.2, -0.15) is 13.2 Å². The molecule has 1 N–H and O–H groups in total. The van der Waals surface area contributed by atoms with Crippen LogP contribution in [-0.4, -0.2) is 66.2 Å². The minimum Gasteiger partial charge on any atom is -0.490 e. The number of benzene rings is 2. The highest BCUT2D eigenvalue weighted by molar-refractivity contribution is 5.94. The van der Waals surface area contributed by atoms with E-state index < -0.39 is 41.6 Å². The summed E-state index contributed by atoms with van der Waals surface area (Å²) in [6, 6.07) is 14.6. The highest BCUT2D eigenvalue weighted by atomic mass is 19.4. The molecule has 2 amide bonds. The first-order chi connectivity index (χ1) is 18.9. The molecule has 0 saturated carbocycles. The molecule has 0 saturated heterocycles. The number of alkyl halides is 3. The number of hydrogen-bond acceptors (Lipinski definition) is 7. The second-order valence-electron chi connectivity index (χ2n) is 11.2. The molecule has 0 aromatic heterocycles. The summed E-state index contributed by atoms with van der Waals surface area (Å²) in [5, 5.41) is 1.78. The molecule has 1 atom stereocenters. The van der Waals surface area contributed by atoms with Gasteiger partial charge in [0.1, 0.15) is 23.6 Å². The first kappa shape index (κ1) is 33.2. The first-order valence-corrected chi connectivity index (χ1v) is 12.9. The van der Waals surface area contributed by atoms with Crippen LogP contribution in [0.25, 0.3) is 0 Å². The van der Waals surface area contributed by atoms with E-state index >= 15 is 0 Å². The Labute approximate surface area is 237 Å². The Balaban J connectivity index is 2.18. The second-order valence-corrected chi connectivity index (χ2v) is 11.2. The van der Waals surface area contributed by atoms with Crippen LogP contribution in [0.5, 0.6) is 5.75 Å². The number of nitrogens with zero attached hydrogens (tertiary/aromatic N) is 1. The largest absolute Gasteiger partial charge is 0.509 e. The van der Waals surface area contributed by atoms with Gasteiger partial charge in [0, 0.05) is 12.2 Å². The van der Waals surface area contributed by atoms with E-state index in [0.29, 0.717) is 11.3 Å². The van der Waals surface area contributed by atoms with E-state index in [-0.39, 0.29) is 31.8 Å². The van der Waals surface area contributed by atoms with Crippen molar-refractivity contribution in [3.8, 4) is 5.75 Å². The minimum absolute atomic E-state index is 0.0241.